The number of aliphatic hydroxyl groups is 1. The van der Waals surface area contributed by atoms with Gasteiger partial charge in [0.2, 0.25) is 0 Å². The monoisotopic (exact) mass is 202 g/mol. The number of hydrogen-bond donors (Lipinski definition) is 2. The maximum atomic E-state index is 11.3. The fraction of sp³-hybridized carbons (Fsp3) is 0.750. The van der Waals surface area contributed by atoms with Crippen LogP contribution >= 0.6 is 0 Å². The molecule has 6 nitrogen and oxygen atoms in total. The van der Waals surface area contributed by atoms with Crippen LogP contribution in [0.5, 0.6) is 0 Å². The average molecular weight is 202 g/mol. The first-order valence-electron chi connectivity index (χ1n) is 4.34. The van der Waals surface area contributed by atoms with Crippen molar-refractivity contribution in [2.75, 3.05) is 20.7 Å². The van der Waals surface area contributed by atoms with Crippen LogP contribution < -0.4 is 5.32 Å². The van der Waals surface area contributed by atoms with Gasteiger partial charge in [0.1, 0.15) is 6.04 Å². The van der Waals surface area contributed by atoms with Crippen molar-refractivity contribution in [2.24, 2.45) is 0 Å². The van der Waals surface area contributed by atoms with Crippen LogP contribution in [0.1, 0.15) is 6.42 Å². The second kappa shape index (κ2) is 4.28. The van der Waals surface area contributed by atoms with Crippen LogP contribution in [0.25, 0.3) is 0 Å². The lowest BCUT2D eigenvalue weighted by Gasteiger charge is -2.21. The molecule has 80 valence electrons. The molecule has 2 atom stereocenters. The van der Waals surface area contributed by atoms with Crippen molar-refractivity contribution in [3.05, 3.63) is 0 Å². The van der Waals surface area contributed by atoms with E-state index in [1.165, 1.54) is 19.1 Å². The molecule has 0 aromatic heterocycles. The molecule has 1 saturated heterocycles. The van der Waals surface area contributed by atoms with Gasteiger partial charge >= 0.3 is 12.0 Å². The van der Waals surface area contributed by atoms with Crippen molar-refractivity contribution in [1.29, 1.82) is 0 Å². The molecule has 2 amide bonds. The zero-order valence-corrected chi connectivity index (χ0v) is 8.19. The maximum absolute atomic E-state index is 11.3. The molecule has 0 aromatic carbocycles. The lowest BCUT2D eigenvalue weighted by atomic mass is 10.2. The Labute approximate surface area is 81.8 Å². The third kappa shape index (κ3) is 1.95. The van der Waals surface area contributed by atoms with Crippen molar-refractivity contribution in [3.8, 4) is 0 Å². The molecule has 6 heteroatoms. The number of esters is 1. The summed E-state index contributed by atoms with van der Waals surface area (Å²) in [6.07, 6.45) is -0.420. The minimum Gasteiger partial charge on any atom is -0.467 e. The predicted molar refractivity (Wildman–Crippen MR) is 47.6 cm³/mol. The van der Waals surface area contributed by atoms with Crippen molar-refractivity contribution in [2.45, 2.75) is 18.6 Å². The highest BCUT2D eigenvalue weighted by molar-refractivity contribution is 5.84. The van der Waals surface area contributed by atoms with E-state index in [0.29, 0.717) is 0 Å². The third-order valence-corrected chi connectivity index (χ3v) is 2.23. The Hall–Kier alpha value is -1.30. The highest BCUT2D eigenvalue weighted by atomic mass is 16.5. The normalized spacial score (nSPS) is 26.1. The fourth-order valence-corrected chi connectivity index (χ4v) is 1.54. The topological polar surface area (TPSA) is 78.9 Å². The van der Waals surface area contributed by atoms with Gasteiger partial charge in [-0.25, -0.2) is 9.59 Å². The van der Waals surface area contributed by atoms with Crippen molar-refractivity contribution < 1.29 is 19.4 Å². The Balaban J connectivity index is 2.72. The quantitative estimate of drug-likeness (QED) is 0.531. The molecular formula is C8H14N2O4. The number of β-amino-alcohol motifs (C(OH)–C–C–N with tert-alkyl or cyclic N) is 1. The summed E-state index contributed by atoms with van der Waals surface area (Å²) in [5, 5.41) is 11.7. The summed E-state index contributed by atoms with van der Waals surface area (Å²) in [6.45, 7) is 0.166. The van der Waals surface area contributed by atoms with E-state index in [1.807, 2.05) is 0 Å². The standard InChI is InChI=1S/C8H14N2O4/c1-9-8(13)10-4-5(11)3-6(10)7(12)14-2/h5-6,11H,3-4H2,1-2H3,(H,9,13)/t5-,6-/m0/s1. The van der Waals surface area contributed by atoms with Crippen LogP contribution in [0.15, 0.2) is 0 Å². The SMILES string of the molecule is CNC(=O)N1C[C@@H](O)C[C@H]1C(=O)OC. The molecule has 1 aliphatic heterocycles. The molecule has 0 aliphatic carbocycles. The molecule has 0 bridgehead atoms. The zero-order chi connectivity index (χ0) is 10.7. The van der Waals surface area contributed by atoms with E-state index >= 15 is 0 Å². The minimum absolute atomic E-state index is 0.166. The van der Waals surface area contributed by atoms with Gasteiger partial charge in [-0.15, -0.1) is 0 Å². The summed E-state index contributed by atoms with van der Waals surface area (Å²) in [6, 6.07) is -1.05. The minimum atomic E-state index is -0.671. The van der Waals surface area contributed by atoms with Gasteiger partial charge in [0.25, 0.3) is 0 Å². The van der Waals surface area contributed by atoms with Crippen LogP contribution in [0.3, 0.4) is 0 Å². The van der Waals surface area contributed by atoms with Gasteiger partial charge in [0.05, 0.1) is 13.2 Å². The number of likely N-dealkylation sites (tertiary alicyclic amines) is 1. The largest absolute Gasteiger partial charge is 0.467 e. The molecule has 0 spiro atoms. The zero-order valence-electron chi connectivity index (χ0n) is 8.19. The lowest BCUT2D eigenvalue weighted by Crippen LogP contribution is -2.45. The van der Waals surface area contributed by atoms with Gasteiger partial charge in [-0.2, -0.15) is 0 Å². The number of nitrogens with zero attached hydrogens (tertiary/aromatic N) is 1. The lowest BCUT2D eigenvalue weighted by molar-refractivity contribution is -0.145. The number of hydrogen-bond acceptors (Lipinski definition) is 4. The first kappa shape index (κ1) is 10.8. The van der Waals surface area contributed by atoms with Crippen molar-refractivity contribution in [1.82, 2.24) is 10.2 Å². The molecule has 1 heterocycles. The van der Waals surface area contributed by atoms with Gasteiger partial charge in [0, 0.05) is 20.0 Å². The maximum Gasteiger partial charge on any atom is 0.328 e. The Bertz CT molecular complexity index is 219. The van der Waals surface area contributed by atoms with E-state index in [9.17, 15) is 14.7 Å². The summed E-state index contributed by atoms with van der Waals surface area (Å²) in [4.78, 5) is 23.8. The highest BCUT2D eigenvalue weighted by Crippen LogP contribution is 2.18. The van der Waals surface area contributed by atoms with Crippen LogP contribution in [-0.2, 0) is 9.53 Å². The van der Waals surface area contributed by atoms with Gasteiger partial charge in [-0.05, 0) is 0 Å². The number of ether oxygens (including phenoxy) is 1. The van der Waals surface area contributed by atoms with Gasteiger partial charge in [-0.1, -0.05) is 0 Å². The third-order valence-electron chi connectivity index (χ3n) is 2.23. The van der Waals surface area contributed by atoms with Gasteiger partial charge < -0.3 is 20.1 Å². The van der Waals surface area contributed by atoms with Crippen LogP contribution in [-0.4, -0.2) is 54.9 Å². The Kier molecular flexibility index (Phi) is 3.29. The van der Waals surface area contributed by atoms with Crippen LogP contribution in [0.4, 0.5) is 4.79 Å². The molecule has 1 fully saturated rings. The van der Waals surface area contributed by atoms with Crippen LogP contribution in [0.2, 0.25) is 0 Å². The second-order valence-corrected chi connectivity index (χ2v) is 3.14. The van der Waals surface area contributed by atoms with E-state index in [1.54, 1.807) is 0 Å². The average Bonchev–Trinajstić information content (AvgIpc) is 2.58. The molecule has 14 heavy (non-hydrogen) atoms. The summed E-state index contributed by atoms with van der Waals surface area (Å²) in [5.41, 5.74) is 0. The molecule has 1 aliphatic rings. The van der Waals surface area contributed by atoms with Gasteiger partial charge in [0.15, 0.2) is 0 Å². The Morgan fingerprint density at radius 3 is 2.71 bits per heavy atom. The van der Waals surface area contributed by atoms with E-state index in [-0.39, 0.29) is 19.0 Å². The summed E-state index contributed by atoms with van der Waals surface area (Å²) in [7, 11) is 2.73. The number of urea groups is 1. The fourth-order valence-electron chi connectivity index (χ4n) is 1.54. The summed E-state index contributed by atoms with van der Waals surface area (Å²) >= 11 is 0. The molecular weight excluding hydrogens is 188 g/mol. The Morgan fingerprint density at radius 2 is 2.21 bits per heavy atom. The van der Waals surface area contributed by atoms with E-state index in [2.05, 4.69) is 10.1 Å². The van der Waals surface area contributed by atoms with Crippen molar-refractivity contribution >= 4 is 12.0 Å². The first-order valence-corrected chi connectivity index (χ1v) is 4.34. The number of carbonyl (C=O) groups is 2. The van der Waals surface area contributed by atoms with E-state index in [4.69, 9.17) is 0 Å². The number of amides is 2. The molecule has 0 aromatic rings. The molecule has 0 saturated carbocycles. The summed E-state index contributed by atoms with van der Waals surface area (Å²) < 4.78 is 4.54. The van der Waals surface area contributed by atoms with E-state index < -0.39 is 18.1 Å². The van der Waals surface area contributed by atoms with E-state index in [0.717, 1.165) is 0 Å². The Morgan fingerprint density at radius 1 is 1.57 bits per heavy atom. The van der Waals surface area contributed by atoms with Crippen molar-refractivity contribution in [3.63, 3.8) is 0 Å². The molecule has 0 unspecified atom stereocenters. The number of rotatable bonds is 1. The molecule has 1 rings (SSSR count). The number of methoxy groups -OCH3 is 1. The highest BCUT2D eigenvalue weighted by Gasteiger charge is 2.39. The first-order chi connectivity index (χ1) is 6.60. The van der Waals surface area contributed by atoms with Crippen LogP contribution in [0, 0.1) is 0 Å². The second-order valence-electron chi connectivity index (χ2n) is 3.14. The predicted octanol–water partition coefficient (Wildman–Crippen LogP) is -1.07. The molecule has 2 N–H and O–H groups in total. The number of carbonyl (C=O) groups excluding carboxylic acids is 2. The number of aliphatic hydroxyl groups excluding tert-OH is 1. The molecule has 0 radical (unpaired) electrons. The summed E-state index contributed by atoms with van der Waals surface area (Å²) in [5.74, 6) is -0.495. The smallest absolute Gasteiger partial charge is 0.328 e. The number of nitrogens with one attached hydrogen (secondary N) is 1. The van der Waals surface area contributed by atoms with Gasteiger partial charge in [-0.3, -0.25) is 0 Å².